The number of hydrogen-bond donors (Lipinski definition) is 0. The third kappa shape index (κ3) is 3.62. The molecule has 7 nitrogen and oxygen atoms in total. The van der Waals surface area contributed by atoms with Gasteiger partial charge < -0.3 is 4.90 Å². The Balaban J connectivity index is 2.01. The number of nitro benzene ring substituents is 1. The van der Waals surface area contributed by atoms with Crippen LogP contribution in [0.1, 0.15) is 49.6 Å². The molecule has 2 aromatic rings. The van der Waals surface area contributed by atoms with Gasteiger partial charge in [-0.15, -0.1) is 0 Å². The van der Waals surface area contributed by atoms with Gasteiger partial charge >= 0.3 is 0 Å². The molecule has 1 aromatic heterocycles. The second-order valence-corrected chi connectivity index (χ2v) is 7.65. The van der Waals surface area contributed by atoms with Gasteiger partial charge in [0.25, 0.3) is 5.69 Å². The summed E-state index contributed by atoms with van der Waals surface area (Å²) in [6.07, 6.45) is 1.85. The average Bonchev–Trinajstić information content (AvgIpc) is 3.18. The van der Waals surface area contributed by atoms with Crippen LogP contribution >= 0.6 is 11.6 Å². The summed E-state index contributed by atoms with van der Waals surface area (Å²) in [4.78, 5) is 12.7. The molecule has 1 aromatic carbocycles. The molecular formula is C19H22ClN5O2. The fourth-order valence-corrected chi connectivity index (χ4v) is 4.11. The van der Waals surface area contributed by atoms with Crippen molar-refractivity contribution in [2.24, 2.45) is 5.92 Å². The van der Waals surface area contributed by atoms with Gasteiger partial charge in [0.15, 0.2) is 0 Å². The topological polar surface area (TPSA) is 88.0 Å². The van der Waals surface area contributed by atoms with E-state index in [0.29, 0.717) is 22.3 Å². The Morgan fingerprint density at radius 1 is 1.48 bits per heavy atom. The zero-order valence-corrected chi connectivity index (χ0v) is 16.4. The molecule has 0 N–H and O–H groups in total. The van der Waals surface area contributed by atoms with Gasteiger partial charge in [-0.3, -0.25) is 14.8 Å². The molecule has 0 radical (unpaired) electrons. The van der Waals surface area contributed by atoms with E-state index in [-0.39, 0.29) is 11.7 Å². The van der Waals surface area contributed by atoms with Crippen LogP contribution < -0.4 is 4.90 Å². The molecule has 0 spiro atoms. The molecule has 1 aliphatic rings. The number of nitrogens with zero attached hydrogens (tertiary/aromatic N) is 5. The number of aromatic nitrogens is 2. The minimum atomic E-state index is -0.483. The van der Waals surface area contributed by atoms with E-state index in [4.69, 9.17) is 11.6 Å². The second kappa shape index (κ2) is 7.57. The largest absolute Gasteiger partial charge is 0.363 e. The summed E-state index contributed by atoms with van der Waals surface area (Å²) in [6.45, 7) is 7.70. The van der Waals surface area contributed by atoms with Crippen LogP contribution in [0.2, 0.25) is 5.15 Å². The van der Waals surface area contributed by atoms with Crippen LogP contribution in [-0.4, -0.2) is 21.2 Å². The van der Waals surface area contributed by atoms with Crippen molar-refractivity contribution in [2.45, 2.75) is 46.2 Å². The van der Waals surface area contributed by atoms with Crippen molar-refractivity contribution in [3.63, 3.8) is 0 Å². The first kappa shape index (κ1) is 19.2. The maximum atomic E-state index is 11.0. The lowest BCUT2D eigenvalue weighted by Crippen LogP contribution is -2.24. The monoisotopic (exact) mass is 387 g/mol. The van der Waals surface area contributed by atoms with Crippen LogP contribution in [0.15, 0.2) is 18.2 Å². The minimum absolute atomic E-state index is 0.00645. The van der Waals surface area contributed by atoms with Crippen LogP contribution in [0, 0.1) is 34.3 Å². The summed E-state index contributed by atoms with van der Waals surface area (Å²) in [7, 11) is 0. The summed E-state index contributed by atoms with van der Waals surface area (Å²) >= 11 is 6.67. The number of rotatable bonds is 5. The van der Waals surface area contributed by atoms with E-state index in [0.717, 1.165) is 37.2 Å². The van der Waals surface area contributed by atoms with Crippen molar-refractivity contribution in [3.8, 4) is 6.07 Å². The van der Waals surface area contributed by atoms with Crippen LogP contribution in [0.4, 0.5) is 11.4 Å². The van der Waals surface area contributed by atoms with E-state index in [9.17, 15) is 15.4 Å². The summed E-state index contributed by atoms with van der Waals surface area (Å²) in [5.74, 6) is 0.425. The van der Waals surface area contributed by atoms with E-state index < -0.39 is 4.92 Å². The maximum absolute atomic E-state index is 11.0. The Labute approximate surface area is 163 Å². The van der Waals surface area contributed by atoms with Gasteiger partial charge in [-0.1, -0.05) is 25.4 Å². The van der Waals surface area contributed by atoms with E-state index in [1.807, 2.05) is 11.6 Å². The number of non-ortho nitro benzene ring substituents is 1. The second-order valence-electron chi connectivity index (χ2n) is 7.29. The van der Waals surface area contributed by atoms with Crippen LogP contribution in [0.5, 0.6) is 0 Å². The summed E-state index contributed by atoms with van der Waals surface area (Å²) in [6, 6.07) is 6.55. The molecule has 1 saturated heterocycles. The number of benzene rings is 1. The molecule has 1 atom stereocenters. The number of nitro groups is 1. The van der Waals surface area contributed by atoms with E-state index in [2.05, 4.69) is 29.9 Å². The van der Waals surface area contributed by atoms with Crippen molar-refractivity contribution >= 4 is 23.0 Å². The zero-order valence-electron chi connectivity index (χ0n) is 15.6. The first-order chi connectivity index (χ1) is 12.8. The maximum Gasteiger partial charge on any atom is 0.270 e. The lowest BCUT2D eigenvalue weighted by Gasteiger charge is -2.28. The number of hydrogen-bond acceptors (Lipinski definition) is 5. The molecule has 8 heteroatoms. The Morgan fingerprint density at radius 3 is 2.85 bits per heavy atom. The quantitative estimate of drug-likeness (QED) is 0.551. The number of halogens is 1. The molecule has 0 aliphatic carbocycles. The highest BCUT2D eigenvalue weighted by Gasteiger charge is 2.33. The summed E-state index contributed by atoms with van der Waals surface area (Å²) in [5, 5.41) is 25.8. The van der Waals surface area contributed by atoms with E-state index >= 15 is 0 Å². The van der Waals surface area contributed by atoms with Gasteiger partial charge in [0, 0.05) is 30.8 Å². The predicted octanol–water partition coefficient (Wildman–Crippen LogP) is 4.62. The van der Waals surface area contributed by atoms with E-state index in [1.165, 1.54) is 12.1 Å². The molecule has 3 rings (SSSR count). The molecule has 1 unspecified atom stereocenters. The van der Waals surface area contributed by atoms with Gasteiger partial charge in [0.05, 0.1) is 27.9 Å². The number of anilines is 1. The third-order valence-electron chi connectivity index (χ3n) is 4.85. The SMILES string of the molecule is Cc1nn(CC(C)C)c(Cl)c1C1CCCN1c1ccc([N+](=O)[O-])cc1C#N. The lowest BCUT2D eigenvalue weighted by molar-refractivity contribution is -0.384. The molecule has 0 bridgehead atoms. The summed E-state index contributed by atoms with van der Waals surface area (Å²) in [5.41, 5.74) is 2.80. The van der Waals surface area contributed by atoms with Gasteiger partial charge in [0.1, 0.15) is 11.2 Å². The van der Waals surface area contributed by atoms with Crippen molar-refractivity contribution in [3.05, 3.63) is 50.3 Å². The lowest BCUT2D eigenvalue weighted by atomic mass is 10.0. The van der Waals surface area contributed by atoms with Crippen molar-refractivity contribution in [1.29, 1.82) is 5.26 Å². The van der Waals surface area contributed by atoms with Gasteiger partial charge in [-0.05, 0) is 31.7 Å². The molecule has 1 fully saturated rings. The van der Waals surface area contributed by atoms with Gasteiger partial charge in [-0.25, -0.2) is 0 Å². The van der Waals surface area contributed by atoms with Crippen molar-refractivity contribution in [2.75, 3.05) is 11.4 Å². The minimum Gasteiger partial charge on any atom is -0.363 e. The fraction of sp³-hybridized carbons (Fsp3) is 0.474. The Bertz CT molecular complexity index is 916. The van der Waals surface area contributed by atoms with Crippen LogP contribution in [0.25, 0.3) is 0 Å². The molecule has 142 valence electrons. The Kier molecular flexibility index (Phi) is 5.38. The molecular weight excluding hydrogens is 366 g/mol. The molecule has 27 heavy (non-hydrogen) atoms. The van der Waals surface area contributed by atoms with Crippen molar-refractivity contribution < 1.29 is 4.92 Å². The Morgan fingerprint density at radius 2 is 2.22 bits per heavy atom. The van der Waals surface area contributed by atoms with Crippen LogP contribution in [0.3, 0.4) is 0 Å². The molecule has 1 aliphatic heterocycles. The zero-order chi connectivity index (χ0) is 19.7. The van der Waals surface area contributed by atoms with Crippen molar-refractivity contribution in [1.82, 2.24) is 9.78 Å². The molecule has 2 heterocycles. The first-order valence-electron chi connectivity index (χ1n) is 9.01. The highest BCUT2D eigenvalue weighted by atomic mass is 35.5. The Hall–Kier alpha value is -2.59. The average molecular weight is 388 g/mol. The van der Waals surface area contributed by atoms with Gasteiger partial charge in [0.2, 0.25) is 0 Å². The predicted molar refractivity (Wildman–Crippen MR) is 104 cm³/mol. The van der Waals surface area contributed by atoms with Gasteiger partial charge in [-0.2, -0.15) is 10.4 Å². The van der Waals surface area contributed by atoms with Crippen LogP contribution in [-0.2, 0) is 6.54 Å². The standard InChI is InChI=1S/C19H22ClN5O2/c1-12(2)11-24-19(20)18(13(3)22-24)17-5-4-8-23(17)16-7-6-15(25(26)27)9-14(16)10-21/h6-7,9,12,17H,4-5,8,11H2,1-3H3. The molecule has 0 saturated carbocycles. The van der Waals surface area contributed by atoms with E-state index in [1.54, 1.807) is 6.07 Å². The normalized spacial score (nSPS) is 16.7. The molecule has 0 amide bonds. The first-order valence-corrected chi connectivity index (χ1v) is 9.39. The summed E-state index contributed by atoms with van der Waals surface area (Å²) < 4.78 is 1.84. The smallest absolute Gasteiger partial charge is 0.270 e. The fourth-order valence-electron chi connectivity index (χ4n) is 3.75. The highest BCUT2D eigenvalue weighted by molar-refractivity contribution is 6.30. The third-order valence-corrected chi connectivity index (χ3v) is 5.25. The highest BCUT2D eigenvalue weighted by Crippen LogP contribution is 2.42. The number of aryl methyl sites for hydroxylation is 1. The number of nitriles is 1.